The summed E-state index contributed by atoms with van der Waals surface area (Å²) in [6, 6.07) is 2.90. The number of piperidine rings is 1. The van der Waals surface area contributed by atoms with Crippen LogP contribution in [0.15, 0.2) is 18.2 Å². The van der Waals surface area contributed by atoms with Gasteiger partial charge in [-0.05, 0) is 25.0 Å². The normalized spacial score (nSPS) is 15.0. The molecule has 0 spiro atoms. The Morgan fingerprint density at radius 2 is 1.96 bits per heavy atom. The monoisotopic (exact) mass is 338 g/mol. The number of anilines is 1. The third-order valence-electron chi connectivity index (χ3n) is 3.93. The summed E-state index contributed by atoms with van der Waals surface area (Å²) >= 11 is 0. The molecule has 9 heteroatoms. The maximum absolute atomic E-state index is 13.1. The maximum Gasteiger partial charge on any atom is 0.319 e. The van der Waals surface area contributed by atoms with Crippen molar-refractivity contribution >= 4 is 23.3 Å². The van der Waals surface area contributed by atoms with Crippen LogP contribution in [0.3, 0.4) is 0 Å². The van der Waals surface area contributed by atoms with Gasteiger partial charge >= 0.3 is 6.03 Å². The predicted molar refractivity (Wildman–Crippen MR) is 85.1 cm³/mol. The van der Waals surface area contributed by atoms with Gasteiger partial charge in [-0.3, -0.25) is 14.9 Å². The SMILES string of the molecule is CN(C)C(=O)N1CCC(C(=O)Nc2ccc(F)cc2[N+](=O)[O-])CC1. The molecule has 2 rings (SSSR count). The van der Waals surface area contributed by atoms with Crippen LogP contribution >= 0.6 is 0 Å². The van der Waals surface area contributed by atoms with Crippen LogP contribution in [0.1, 0.15) is 12.8 Å². The van der Waals surface area contributed by atoms with Crippen molar-refractivity contribution in [3.8, 4) is 0 Å². The molecule has 24 heavy (non-hydrogen) atoms. The molecule has 3 amide bonds. The number of carbonyl (C=O) groups excluding carboxylic acids is 2. The Kier molecular flexibility index (Phi) is 5.32. The number of hydrogen-bond acceptors (Lipinski definition) is 4. The number of halogens is 1. The predicted octanol–water partition coefficient (Wildman–Crippen LogP) is 2.07. The van der Waals surface area contributed by atoms with E-state index in [9.17, 15) is 24.1 Å². The number of nitro groups is 1. The molecular formula is C15H19FN4O4. The molecule has 0 unspecified atom stereocenters. The number of carbonyl (C=O) groups is 2. The molecule has 0 saturated carbocycles. The molecule has 1 heterocycles. The minimum atomic E-state index is -0.741. The van der Waals surface area contributed by atoms with E-state index in [0.717, 1.165) is 12.1 Å². The van der Waals surface area contributed by atoms with E-state index < -0.39 is 16.4 Å². The van der Waals surface area contributed by atoms with E-state index in [0.29, 0.717) is 25.9 Å². The van der Waals surface area contributed by atoms with E-state index in [1.54, 1.807) is 19.0 Å². The zero-order valence-electron chi connectivity index (χ0n) is 13.5. The first-order chi connectivity index (χ1) is 11.3. The van der Waals surface area contributed by atoms with E-state index >= 15 is 0 Å². The second-order valence-corrected chi connectivity index (χ2v) is 5.85. The summed E-state index contributed by atoms with van der Waals surface area (Å²) < 4.78 is 13.1. The van der Waals surface area contributed by atoms with Crippen LogP contribution < -0.4 is 5.32 Å². The van der Waals surface area contributed by atoms with Crippen LogP contribution in [0.25, 0.3) is 0 Å². The third-order valence-corrected chi connectivity index (χ3v) is 3.93. The fraction of sp³-hybridized carbons (Fsp3) is 0.467. The van der Waals surface area contributed by atoms with Gasteiger partial charge in [-0.1, -0.05) is 0 Å². The summed E-state index contributed by atoms with van der Waals surface area (Å²) in [5, 5.41) is 13.4. The number of benzene rings is 1. The van der Waals surface area contributed by atoms with Gasteiger partial charge in [0.25, 0.3) is 5.69 Å². The lowest BCUT2D eigenvalue weighted by Gasteiger charge is -2.33. The number of urea groups is 1. The van der Waals surface area contributed by atoms with Crippen LogP contribution in [0, 0.1) is 21.8 Å². The van der Waals surface area contributed by atoms with E-state index in [1.165, 1.54) is 11.0 Å². The van der Waals surface area contributed by atoms with E-state index in [4.69, 9.17) is 0 Å². The lowest BCUT2D eigenvalue weighted by molar-refractivity contribution is -0.384. The van der Waals surface area contributed by atoms with Crippen molar-refractivity contribution in [2.75, 3.05) is 32.5 Å². The van der Waals surface area contributed by atoms with E-state index in [2.05, 4.69) is 5.32 Å². The zero-order chi connectivity index (χ0) is 17.9. The Hall–Kier alpha value is -2.71. The summed E-state index contributed by atoms with van der Waals surface area (Å²) in [5.74, 6) is -1.45. The summed E-state index contributed by atoms with van der Waals surface area (Å²) in [6.07, 6.45) is 0.945. The van der Waals surface area contributed by atoms with Crippen molar-refractivity contribution in [1.82, 2.24) is 9.80 Å². The highest BCUT2D eigenvalue weighted by molar-refractivity contribution is 5.94. The van der Waals surface area contributed by atoms with Crippen LogP contribution in [-0.4, -0.2) is 53.8 Å². The number of rotatable bonds is 3. The van der Waals surface area contributed by atoms with Crippen molar-refractivity contribution in [1.29, 1.82) is 0 Å². The Morgan fingerprint density at radius 1 is 1.33 bits per heavy atom. The van der Waals surface area contributed by atoms with Crippen molar-refractivity contribution < 1.29 is 18.9 Å². The summed E-state index contributed by atoms with van der Waals surface area (Å²) in [6.45, 7) is 0.890. The van der Waals surface area contributed by atoms with Gasteiger partial charge in [0.1, 0.15) is 11.5 Å². The molecule has 0 bridgehead atoms. The first-order valence-electron chi connectivity index (χ1n) is 7.50. The largest absolute Gasteiger partial charge is 0.331 e. The second-order valence-electron chi connectivity index (χ2n) is 5.85. The van der Waals surface area contributed by atoms with Crippen LogP contribution in [0.4, 0.5) is 20.6 Å². The van der Waals surface area contributed by atoms with Crippen LogP contribution in [0.2, 0.25) is 0 Å². The molecule has 1 aromatic rings. The number of hydrogen-bond donors (Lipinski definition) is 1. The number of nitrogens with one attached hydrogen (secondary N) is 1. The minimum absolute atomic E-state index is 0.0294. The lowest BCUT2D eigenvalue weighted by atomic mass is 9.96. The van der Waals surface area contributed by atoms with Crippen molar-refractivity contribution in [2.24, 2.45) is 5.92 Å². The first-order valence-corrected chi connectivity index (χ1v) is 7.50. The van der Waals surface area contributed by atoms with Crippen LogP contribution in [-0.2, 0) is 4.79 Å². The minimum Gasteiger partial charge on any atom is -0.331 e. The molecule has 1 saturated heterocycles. The van der Waals surface area contributed by atoms with Gasteiger partial charge in [-0.2, -0.15) is 0 Å². The van der Waals surface area contributed by atoms with Crippen molar-refractivity contribution in [3.05, 3.63) is 34.1 Å². The molecular weight excluding hydrogens is 319 g/mol. The van der Waals surface area contributed by atoms with Gasteiger partial charge in [0.2, 0.25) is 5.91 Å². The quantitative estimate of drug-likeness (QED) is 0.674. The molecule has 0 aromatic heterocycles. The lowest BCUT2D eigenvalue weighted by Crippen LogP contribution is -2.45. The van der Waals surface area contributed by atoms with Gasteiger partial charge in [0, 0.05) is 33.1 Å². The standard InChI is InChI=1S/C15H19FN4O4/c1-18(2)15(22)19-7-5-10(6-8-19)14(21)17-12-4-3-11(16)9-13(12)20(23)24/h3-4,9-10H,5-8H2,1-2H3,(H,17,21). The van der Waals surface area contributed by atoms with E-state index in [1.807, 2.05) is 0 Å². The zero-order valence-corrected chi connectivity index (χ0v) is 13.5. The smallest absolute Gasteiger partial charge is 0.319 e. The molecule has 0 radical (unpaired) electrons. The van der Waals surface area contributed by atoms with E-state index in [-0.39, 0.29) is 23.5 Å². The fourth-order valence-electron chi connectivity index (χ4n) is 2.61. The Balaban J connectivity index is 2.00. The molecule has 1 fully saturated rings. The highest BCUT2D eigenvalue weighted by Crippen LogP contribution is 2.27. The molecule has 1 aliphatic heterocycles. The number of likely N-dealkylation sites (tertiary alicyclic amines) is 1. The fourth-order valence-corrected chi connectivity index (χ4v) is 2.61. The number of nitro benzene ring substituents is 1. The topological polar surface area (TPSA) is 95.8 Å². The average Bonchev–Trinajstić information content (AvgIpc) is 2.55. The average molecular weight is 338 g/mol. The highest BCUT2D eigenvalue weighted by Gasteiger charge is 2.29. The Morgan fingerprint density at radius 3 is 2.50 bits per heavy atom. The number of nitrogens with zero attached hydrogens (tertiary/aromatic N) is 3. The number of amides is 3. The first kappa shape index (κ1) is 17.6. The van der Waals surface area contributed by atoms with Crippen molar-refractivity contribution in [3.63, 3.8) is 0 Å². The molecule has 0 aliphatic carbocycles. The Labute approximate surface area is 138 Å². The third kappa shape index (κ3) is 3.98. The Bertz CT molecular complexity index is 657. The van der Waals surface area contributed by atoms with Gasteiger partial charge in [-0.25, -0.2) is 9.18 Å². The summed E-state index contributed by atoms with van der Waals surface area (Å²) in [4.78, 5) is 37.5. The van der Waals surface area contributed by atoms with Gasteiger partial charge in [0.05, 0.1) is 11.0 Å². The molecule has 130 valence electrons. The molecule has 0 atom stereocenters. The molecule has 8 nitrogen and oxygen atoms in total. The summed E-state index contributed by atoms with van der Waals surface area (Å²) in [7, 11) is 3.32. The van der Waals surface area contributed by atoms with Crippen LogP contribution in [0.5, 0.6) is 0 Å². The second kappa shape index (κ2) is 7.24. The molecule has 1 aliphatic rings. The molecule has 1 aromatic carbocycles. The van der Waals surface area contributed by atoms with Gasteiger partial charge in [0.15, 0.2) is 0 Å². The van der Waals surface area contributed by atoms with Gasteiger partial charge < -0.3 is 15.1 Å². The summed E-state index contributed by atoms with van der Waals surface area (Å²) in [5.41, 5.74) is -0.512. The molecule has 1 N–H and O–H groups in total. The van der Waals surface area contributed by atoms with Gasteiger partial charge in [-0.15, -0.1) is 0 Å². The van der Waals surface area contributed by atoms with Crippen molar-refractivity contribution in [2.45, 2.75) is 12.8 Å². The maximum atomic E-state index is 13.1. The highest BCUT2D eigenvalue weighted by atomic mass is 19.1.